The van der Waals surface area contributed by atoms with Crippen molar-refractivity contribution in [3.05, 3.63) is 48.5 Å². The van der Waals surface area contributed by atoms with Crippen molar-refractivity contribution >= 4 is 5.69 Å². The summed E-state index contributed by atoms with van der Waals surface area (Å²) in [5.74, 6) is 0.906. The van der Waals surface area contributed by atoms with Crippen molar-refractivity contribution in [3.63, 3.8) is 0 Å². The quantitative estimate of drug-likeness (QED) is 0.796. The summed E-state index contributed by atoms with van der Waals surface area (Å²) >= 11 is 0. The molecule has 2 aromatic carbocycles. The van der Waals surface area contributed by atoms with Crippen LogP contribution in [0.5, 0.6) is 5.75 Å². The SMILES string of the molecule is COc1ccccc1-c1cccc(N(C)C)c1. The summed E-state index contributed by atoms with van der Waals surface area (Å²) in [4.78, 5) is 2.10. The van der Waals surface area contributed by atoms with Crippen LogP contribution >= 0.6 is 0 Å². The zero-order valence-corrected chi connectivity index (χ0v) is 10.5. The van der Waals surface area contributed by atoms with Gasteiger partial charge in [0.15, 0.2) is 0 Å². The Morgan fingerprint density at radius 1 is 0.941 bits per heavy atom. The van der Waals surface area contributed by atoms with Gasteiger partial charge in [0.25, 0.3) is 0 Å². The van der Waals surface area contributed by atoms with E-state index in [2.05, 4.69) is 35.2 Å². The lowest BCUT2D eigenvalue weighted by Gasteiger charge is -2.14. The van der Waals surface area contributed by atoms with Crippen LogP contribution in [0, 0.1) is 0 Å². The third-order valence-electron chi connectivity index (χ3n) is 2.78. The first-order chi connectivity index (χ1) is 8.22. The number of methoxy groups -OCH3 is 1. The van der Waals surface area contributed by atoms with Gasteiger partial charge in [0.05, 0.1) is 7.11 Å². The third-order valence-corrected chi connectivity index (χ3v) is 2.78. The molecular weight excluding hydrogens is 210 g/mol. The second-order valence-corrected chi connectivity index (χ2v) is 4.15. The topological polar surface area (TPSA) is 12.5 Å². The molecule has 2 nitrogen and oxygen atoms in total. The van der Waals surface area contributed by atoms with Crippen LogP contribution in [0.1, 0.15) is 0 Å². The van der Waals surface area contributed by atoms with Crippen molar-refractivity contribution in [2.24, 2.45) is 0 Å². The molecule has 0 amide bonds. The van der Waals surface area contributed by atoms with Crippen molar-refractivity contribution in [2.75, 3.05) is 26.1 Å². The Kier molecular flexibility index (Phi) is 3.33. The van der Waals surface area contributed by atoms with E-state index in [1.54, 1.807) is 7.11 Å². The van der Waals surface area contributed by atoms with Gasteiger partial charge in [0.2, 0.25) is 0 Å². The smallest absolute Gasteiger partial charge is 0.126 e. The van der Waals surface area contributed by atoms with Crippen LogP contribution in [0.25, 0.3) is 11.1 Å². The average molecular weight is 227 g/mol. The molecule has 17 heavy (non-hydrogen) atoms. The maximum Gasteiger partial charge on any atom is 0.126 e. The summed E-state index contributed by atoms with van der Waals surface area (Å²) in [6, 6.07) is 16.5. The molecule has 0 radical (unpaired) electrons. The largest absolute Gasteiger partial charge is 0.496 e. The second kappa shape index (κ2) is 4.91. The van der Waals surface area contributed by atoms with E-state index >= 15 is 0 Å². The predicted molar refractivity (Wildman–Crippen MR) is 72.8 cm³/mol. The molecule has 0 aliphatic rings. The summed E-state index contributed by atoms with van der Waals surface area (Å²) in [6.07, 6.45) is 0. The first-order valence-electron chi connectivity index (χ1n) is 5.63. The number of nitrogens with zero attached hydrogens (tertiary/aromatic N) is 1. The van der Waals surface area contributed by atoms with Crippen molar-refractivity contribution < 1.29 is 4.74 Å². The highest BCUT2D eigenvalue weighted by Gasteiger charge is 2.05. The molecule has 0 aliphatic heterocycles. The van der Waals surface area contributed by atoms with E-state index in [0.29, 0.717) is 0 Å². The first kappa shape index (κ1) is 11.5. The highest BCUT2D eigenvalue weighted by molar-refractivity contribution is 5.73. The minimum atomic E-state index is 0.906. The van der Waals surface area contributed by atoms with Gasteiger partial charge in [0.1, 0.15) is 5.75 Å². The van der Waals surface area contributed by atoms with Crippen LogP contribution in [0.2, 0.25) is 0 Å². The fourth-order valence-corrected chi connectivity index (χ4v) is 1.83. The van der Waals surface area contributed by atoms with Crippen molar-refractivity contribution in [2.45, 2.75) is 0 Å². The van der Waals surface area contributed by atoms with Crippen LogP contribution in [0.4, 0.5) is 5.69 Å². The lowest BCUT2D eigenvalue weighted by atomic mass is 10.0. The van der Waals surface area contributed by atoms with E-state index in [4.69, 9.17) is 4.74 Å². The molecule has 0 aliphatic carbocycles. The molecule has 0 bridgehead atoms. The number of ether oxygens (including phenoxy) is 1. The summed E-state index contributed by atoms with van der Waals surface area (Å²) < 4.78 is 5.39. The van der Waals surface area contributed by atoms with Crippen LogP contribution in [-0.4, -0.2) is 21.2 Å². The maximum atomic E-state index is 5.39. The Morgan fingerprint density at radius 3 is 2.41 bits per heavy atom. The number of hydrogen-bond acceptors (Lipinski definition) is 2. The Labute approximate surface area is 102 Å². The van der Waals surface area contributed by atoms with Crippen molar-refractivity contribution in [1.29, 1.82) is 0 Å². The fourth-order valence-electron chi connectivity index (χ4n) is 1.83. The average Bonchev–Trinajstić information content (AvgIpc) is 2.39. The van der Waals surface area contributed by atoms with E-state index in [1.165, 1.54) is 11.3 Å². The Hall–Kier alpha value is -1.96. The Bertz CT molecular complexity index is 506. The second-order valence-electron chi connectivity index (χ2n) is 4.15. The summed E-state index contributed by atoms with van der Waals surface area (Å²) in [5.41, 5.74) is 3.49. The molecule has 0 fully saturated rings. The first-order valence-corrected chi connectivity index (χ1v) is 5.63. The molecular formula is C15H17NO. The van der Waals surface area contributed by atoms with Crippen LogP contribution < -0.4 is 9.64 Å². The normalized spacial score (nSPS) is 10.1. The lowest BCUT2D eigenvalue weighted by Crippen LogP contribution is -2.08. The molecule has 2 aromatic rings. The molecule has 2 rings (SSSR count). The molecule has 0 N–H and O–H groups in total. The van der Waals surface area contributed by atoms with E-state index in [9.17, 15) is 0 Å². The zero-order valence-electron chi connectivity index (χ0n) is 10.5. The number of benzene rings is 2. The third kappa shape index (κ3) is 2.41. The summed E-state index contributed by atoms with van der Waals surface area (Å²) in [6.45, 7) is 0. The van der Waals surface area contributed by atoms with Gasteiger partial charge in [-0.2, -0.15) is 0 Å². The monoisotopic (exact) mass is 227 g/mol. The van der Waals surface area contributed by atoms with Gasteiger partial charge in [-0.1, -0.05) is 30.3 Å². The van der Waals surface area contributed by atoms with Gasteiger partial charge in [-0.05, 0) is 23.8 Å². The summed E-state index contributed by atoms with van der Waals surface area (Å²) in [5, 5.41) is 0. The van der Waals surface area contributed by atoms with Crippen molar-refractivity contribution in [3.8, 4) is 16.9 Å². The highest BCUT2D eigenvalue weighted by Crippen LogP contribution is 2.31. The van der Waals surface area contributed by atoms with Gasteiger partial charge in [-0.3, -0.25) is 0 Å². The maximum absolute atomic E-state index is 5.39. The van der Waals surface area contributed by atoms with Gasteiger partial charge >= 0.3 is 0 Å². The molecule has 0 atom stereocenters. The molecule has 0 aromatic heterocycles. The van der Waals surface area contributed by atoms with Crippen LogP contribution in [-0.2, 0) is 0 Å². The molecule has 0 heterocycles. The molecule has 0 spiro atoms. The van der Waals surface area contributed by atoms with Crippen molar-refractivity contribution in [1.82, 2.24) is 0 Å². The summed E-state index contributed by atoms with van der Waals surface area (Å²) in [7, 11) is 5.79. The van der Waals surface area contributed by atoms with E-state index in [1.807, 2.05) is 32.3 Å². The molecule has 2 heteroatoms. The minimum Gasteiger partial charge on any atom is -0.496 e. The standard InChI is InChI=1S/C15H17NO/c1-16(2)13-8-6-7-12(11-13)14-9-4-5-10-15(14)17-3/h4-11H,1-3H3. The van der Waals surface area contributed by atoms with E-state index in [-0.39, 0.29) is 0 Å². The number of hydrogen-bond donors (Lipinski definition) is 0. The zero-order chi connectivity index (χ0) is 12.3. The van der Waals surface area contributed by atoms with Gasteiger partial charge in [0, 0.05) is 25.3 Å². The Morgan fingerprint density at radius 2 is 1.71 bits per heavy atom. The van der Waals surface area contributed by atoms with E-state index in [0.717, 1.165) is 11.3 Å². The molecule has 0 saturated carbocycles. The van der Waals surface area contributed by atoms with Crippen LogP contribution in [0.15, 0.2) is 48.5 Å². The molecule has 0 saturated heterocycles. The fraction of sp³-hybridized carbons (Fsp3) is 0.200. The lowest BCUT2D eigenvalue weighted by molar-refractivity contribution is 0.416. The molecule has 0 unspecified atom stereocenters. The van der Waals surface area contributed by atoms with Gasteiger partial charge in [-0.25, -0.2) is 0 Å². The number of anilines is 1. The highest BCUT2D eigenvalue weighted by atomic mass is 16.5. The van der Waals surface area contributed by atoms with Crippen LogP contribution in [0.3, 0.4) is 0 Å². The predicted octanol–water partition coefficient (Wildman–Crippen LogP) is 3.43. The minimum absolute atomic E-state index is 0.906. The van der Waals surface area contributed by atoms with Gasteiger partial charge in [-0.15, -0.1) is 0 Å². The Balaban J connectivity index is 2.49. The van der Waals surface area contributed by atoms with Gasteiger partial charge < -0.3 is 9.64 Å². The number of rotatable bonds is 3. The number of para-hydroxylation sites is 1. The van der Waals surface area contributed by atoms with E-state index < -0.39 is 0 Å². The molecule has 88 valence electrons.